The van der Waals surface area contributed by atoms with E-state index in [0.717, 1.165) is 0 Å². The van der Waals surface area contributed by atoms with Gasteiger partial charge < -0.3 is 9.64 Å². The molecular formula is C10H19NO. The van der Waals surface area contributed by atoms with Crippen LogP contribution in [0.5, 0.6) is 0 Å². The van der Waals surface area contributed by atoms with E-state index in [9.17, 15) is 0 Å². The number of ether oxygens (including phenoxy) is 1. The molecule has 12 heavy (non-hydrogen) atoms. The van der Waals surface area contributed by atoms with Crippen molar-refractivity contribution in [1.82, 2.24) is 4.90 Å². The fourth-order valence-corrected chi connectivity index (χ4v) is 1.10. The zero-order chi connectivity index (χ0) is 9.23. The number of piperidine rings is 1. The van der Waals surface area contributed by atoms with E-state index >= 15 is 0 Å². The molecule has 0 amide bonds. The monoisotopic (exact) mass is 169 g/mol. The molecule has 0 saturated carbocycles. The van der Waals surface area contributed by atoms with Crippen molar-refractivity contribution in [2.45, 2.75) is 19.3 Å². The molecule has 0 aliphatic carbocycles. The zero-order valence-corrected chi connectivity index (χ0v) is 7.96. The molecule has 1 aliphatic heterocycles. The molecule has 2 nitrogen and oxygen atoms in total. The van der Waals surface area contributed by atoms with Crippen LogP contribution in [-0.4, -0.2) is 25.1 Å². The summed E-state index contributed by atoms with van der Waals surface area (Å²) in [6, 6.07) is 0. The smallest absolute Gasteiger partial charge is 0.0766 e. The fraction of sp³-hybridized carbons (Fsp3) is 0.600. The van der Waals surface area contributed by atoms with E-state index in [4.69, 9.17) is 0 Å². The Kier molecular flexibility index (Phi) is 7.55. The van der Waals surface area contributed by atoms with Gasteiger partial charge in [-0.25, -0.2) is 0 Å². The third kappa shape index (κ3) is 5.83. The molecule has 0 aromatic carbocycles. The van der Waals surface area contributed by atoms with Gasteiger partial charge in [0.1, 0.15) is 0 Å². The topological polar surface area (TPSA) is 12.5 Å². The van der Waals surface area contributed by atoms with Gasteiger partial charge in [-0.05, 0) is 25.5 Å². The summed E-state index contributed by atoms with van der Waals surface area (Å²) in [5.74, 6) is 0. The Balaban J connectivity index is 0.000000261. The lowest BCUT2D eigenvalue weighted by molar-refractivity contribution is 0.310. The second-order valence-corrected chi connectivity index (χ2v) is 2.68. The van der Waals surface area contributed by atoms with E-state index in [1.54, 1.807) is 7.11 Å². The van der Waals surface area contributed by atoms with Gasteiger partial charge in [0.2, 0.25) is 0 Å². The number of hydrogen-bond donors (Lipinski definition) is 0. The maximum Gasteiger partial charge on any atom is 0.0766 e. The summed E-state index contributed by atoms with van der Waals surface area (Å²) < 4.78 is 4.31. The lowest BCUT2D eigenvalue weighted by Gasteiger charge is -2.23. The maximum absolute atomic E-state index is 4.31. The predicted octanol–water partition coefficient (Wildman–Crippen LogP) is 2.39. The summed E-state index contributed by atoms with van der Waals surface area (Å²) in [4.78, 5) is 2.28. The molecule has 0 radical (unpaired) electrons. The van der Waals surface area contributed by atoms with Crippen molar-refractivity contribution in [3.05, 3.63) is 25.6 Å². The first kappa shape index (κ1) is 11.1. The van der Waals surface area contributed by atoms with Crippen LogP contribution in [-0.2, 0) is 4.74 Å². The van der Waals surface area contributed by atoms with Gasteiger partial charge in [-0.3, -0.25) is 0 Å². The Hall–Kier alpha value is -0.920. The van der Waals surface area contributed by atoms with Gasteiger partial charge in [0.05, 0.1) is 13.4 Å². The summed E-state index contributed by atoms with van der Waals surface area (Å²) in [5, 5.41) is 0. The summed E-state index contributed by atoms with van der Waals surface area (Å²) in [5.41, 5.74) is 0. The molecule has 0 atom stereocenters. The number of hydrogen-bond acceptors (Lipinski definition) is 2. The van der Waals surface area contributed by atoms with E-state index in [1.165, 1.54) is 38.6 Å². The number of likely N-dealkylation sites (tertiary alicyclic amines) is 1. The van der Waals surface area contributed by atoms with Crippen molar-refractivity contribution in [2.75, 3.05) is 20.2 Å². The first-order valence-electron chi connectivity index (χ1n) is 4.35. The van der Waals surface area contributed by atoms with Crippen LogP contribution in [0.2, 0.25) is 0 Å². The van der Waals surface area contributed by atoms with Gasteiger partial charge in [0, 0.05) is 13.1 Å². The molecule has 0 bridgehead atoms. The number of rotatable bonds is 2. The number of methoxy groups -OCH3 is 1. The van der Waals surface area contributed by atoms with E-state index in [2.05, 4.69) is 22.8 Å². The molecule has 1 saturated heterocycles. The zero-order valence-electron chi connectivity index (χ0n) is 7.96. The normalized spacial score (nSPS) is 15.6. The van der Waals surface area contributed by atoms with Gasteiger partial charge in [-0.1, -0.05) is 13.2 Å². The van der Waals surface area contributed by atoms with Crippen LogP contribution in [0, 0.1) is 0 Å². The Labute approximate surface area is 75.5 Å². The molecule has 1 heterocycles. The highest BCUT2D eigenvalue weighted by Gasteiger charge is 2.02. The molecule has 0 spiro atoms. The highest BCUT2D eigenvalue weighted by Crippen LogP contribution is 2.07. The average Bonchev–Trinajstić information content (AvgIpc) is 2.19. The van der Waals surface area contributed by atoms with E-state index < -0.39 is 0 Å². The molecule has 1 fully saturated rings. The van der Waals surface area contributed by atoms with Crippen LogP contribution in [0.25, 0.3) is 0 Å². The minimum atomic E-state index is 1.23. The highest BCUT2D eigenvalue weighted by molar-refractivity contribution is 4.73. The number of nitrogens with zero attached hydrogens (tertiary/aromatic N) is 1. The standard InChI is InChI=1S/C7H13N.C3H6O/c1-2-8-6-4-3-5-7-8;1-3-4-2/h2H,1,3-7H2;3H,1H2,2H3. The highest BCUT2D eigenvalue weighted by atomic mass is 16.5. The molecule has 0 aromatic heterocycles. The van der Waals surface area contributed by atoms with Crippen molar-refractivity contribution >= 4 is 0 Å². The first-order valence-corrected chi connectivity index (χ1v) is 4.35. The van der Waals surface area contributed by atoms with Crippen LogP contribution in [0.1, 0.15) is 19.3 Å². The van der Waals surface area contributed by atoms with Gasteiger partial charge in [0.15, 0.2) is 0 Å². The summed E-state index contributed by atoms with van der Waals surface area (Å²) in [6.07, 6.45) is 7.43. The van der Waals surface area contributed by atoms with E-state index in [0.29, 0.717) is 0 Å². The largest absolute Gasteiger partial charge is 0.505 e. The van der Waals surface area contributed by atoms with E-state index in [-0.39, 0.29) is 0 Å². The first-order chi connectivity index (χ1) is 5.85. The average molecular weight is 169 g/mol. The van der Waals surface area contributed by atoms with Crippen molar-refractivity contribution in [3.8, 4) is 0 Å². The van der Waals surface area contributed by atoms with Gasteiger partial charge in [-0.15, -0.1) is 0 Å². The maximum atomic E-state index is 4.31. The van der Waals surface area contributed by atoms with E-state index in [1.807, 2.05) is 6.20 Å². The van der Waals surface area contributed by atoms with Gasteiger partial charge in [-0.2, -0.15) is 0 Å². The summed E-state index contributed by atoms with van der Waals surface area (Å²) in [6.45, 7) is 9.42. The van der Waals surface area contributed by atoms with Crippen LogP contribution < -0.4 is 0 Å². The lowest BCUT2D eigenvalue weighted by Crippen LogP contribution is -2.23. The van der Waals surface area contributed by atoms with Gasteiger partial charge in [0.25, 0.3) is 0 Å². The Bertz CT molecular complexity index is 117. The fourth-order valence-electron chi connectivity index (χ4n) is 1.10. The quantitative estimate of drug-likeness (QED) is 0.588. The van der Waals surface area contributed by atoms with Gasteiger partial charge >= 0.3 is 0 Å². The molecule has 0 aromatic rings. The van der Waals surface area contributed by atoms with Crippen LogP contribution in [0.4, 0.5) is 0 Å². The molecule has 70 valence electrons. The van der Waals surface area contributed by atoms with Crippen LogP contribution in [0.3, 0.4) is 0 Å². The predicted molar refractivity (Wildman–Crippen MR) is 52.8 cm³/mol. The van der Waals surface area contributed by atoms with Crippen LogP contribution in [0.15, 0.2) is 25.6 Å². The van der Waals surface area contributed by atoms with Crippen LogP contribution >= 0.6 is 0 Å². The second-order valence-electron chi connectivity index (χ2n) is 2.68. The molecule has 0 N–H and O–H groups in total. The minimum Gasteiger partial charge on any atom is -0.505 e. The molecule has 1 rings (SSSR count). The Morgan fingerprint density at radius 3 is 1.92 bits per heavy atom. The SMILES string of the molecule is C=CN1CCCCC1.C=COC. The Morgan fingerprint density at radius 2 is 1.67 bits per heavy atom. The van der Waals surface area contributed by atoms with Crippen molar-refractivity contribution in [2.24, 2.45) is 0 Å². The molecule has 0 unspecified atom stereocenters. The minimum absolute atomic E-state index is 1.23. The molecule has 1 aliphatic rings. The summed E-state index contributed by atoms with van der Waals surface area (Å²) in [7, 11) is 1.56. The lowest BCUT2D eigenvalue weighted by atomic mass is 10.1. The van der Waals surface area contributed by atoms with Crippen molar-refractivity contribution in [1.29, 1.82) is 0 Å². The molecular weight excluding hydrogens is 150 g/mol. The Morgan fingerprint density at radius 1 is 1.17 bits per heavy atom. The summed E-state index contributed by atoms with van der Waals surface area (Å²) >= 11 is 0. The third-order valence-corrected chi connectivity index (χ3v) is 1.82. The second kappa shape index (κ2) is 8.18. The molecule has 2 heteroatoms. The van der Waals surface area contributed by atoms with Crippen molar-refractivity contribution < 1.29 is 4.74 Å². The van der Waals surface area contributed by atoms with Crippen molar-refractivity contribution in [3.63, 3.8) is 0 Å². The third-order valence-electron chi connectivity index (χ3n) is 1.82.